The smallest absolute Gasteiger partial charge is 0.156 e. The first-order chi connectivity index (χ1) is 10.5. The van der Waals surface area contributed by atoms with Gasteiger partial charge in [0.15, 0.2) is 6.29 Å². The summed E-state index contributed by atoms with van der Waals surface area (Å²) in [4.78, 5) is 11.0. The van der Waals surface area contributed by atoms with Crippen LogP contribution in [0, 0.1) is 17.7 Å². The predicted octanol–water partition coefficient (Wildman–Crippen LogP) is 3.98. The number of carbonyl (C=O) groups is 1. The number of hydrogen-bond donors (Lipinski definition) is 1. The average molecular weight is 308 g/mol. The molecular formula is C18H25FO3. The summed E-state index contributed by atoms with van der Waals surface area (Å²) in [6.45, 7) is 4.28. The molecule has 0 amide bonds. The van der Waals surface area contributed by atoms with Gasteiger partial charge in [0.2, 0.25) is 0 Å². The van der Waals surface area contributed by atoms with Crippen LogP contribution in [0.4, 0.5) is 4.39 Å². The second-order valence-electron chi connectivity index (χ2n) is 6.44. The molecule has 1 saturated carbocycles. The molecule has 0 spiro atoms. The van der Waals surface area contributed by atoms with Crippen molar-refractivity contribution in [3.05, 3.63) is 29.6 Å². The summed E-state index contributed by atoms with van der Waals surface area (Å²) in [5.74, 6) is 0.134. The summed E-state index contributed by atoms with van der Waals surface area (Å²) in [7, 11) is 0. The Labute approximate surface area is 131 Å². The Balaban J connectivity index is 2.09. The third-order valence-electron chi connectivity index (χ3n) is 5.01. The minimum Gasteiger partial charge on any atom is -0.492 e. The Morgan fingerprint density at radius 1 is 1.41 bits per heavy atom. The molecule has 1 aliphatic rings. The van der Waals surface area contributed by atoms with E-state index in [-0.39, 0.29) is 23.1 Å². The van der Waals surface area contributed by atoms with E-state index in [0.717, 1.165) is 25.7 Å². The van der Waals surface area contributed by atoms with Crippen molar-refractivity contribution in [2.45, 2.75) is 51.6 Å². The summed E-state index contributed by atoms with van der Waals surface area (Å²) in [6.07, 6.45) is 5.41. The molecule has 2 rings (SSSR count). The Kier molecular flexibility index (Phi) is 5.57. The standard InChI is InChI=1S/C18H25FO3/c1-3-18(2,21)15-8-5-4-7-13(15)12-22-17-10-6-9-16(19)14(17)11-20/h6,9-11,13,15,21H,3-5,7-8,12H2,1-2H3. The van der Waals surface area contributed by atoms with E-state index < -0.39 is 11.4 Å². The van der Waals surface area contributed by atoms with Gasteiger partial charge in [0.05, 0.1) is 17.8 Å². The summed E-state index contributed by atoms with van der Waals surface area (Å²) in [5.41, 5.74) is -0.735. The van der Waals surface area contributed by atoms with E-state index in [0.29, 0.717) is 19.3 Å². The van der Waals surface area contributed by atoms with Gasteiger partial charge in [-0.3, -0.25) is 4.79 Å². The van der Waals surface area contributed by atoms with Gasteiger partial charge in [0.1, 0.15) is 11.6 Å². The fourth-order valence-electron chi connectivity index (χ4n) is 3.44. The van der Waals surface area contributed by atoms with E-state index in [1.165, 1.54) is 12.1 Å². The number of aliphatic hydroxyl groups is 1. The predicted molar refractivity (Wildman–Crippen MR) is 83.6 cm³/mol. The zero-order chi connectivity index (χ0) is 16.2. The lowest BCUT2D eigenvalue weighted by atomic mass is 9.70. The van der Waals surface area contributed by atoms with Gasteiger partial charge in [-0.2, -0.15) is 0 Å². The van der Waals surface area contributed by atoms with Gasteiger partial charge in [-0.15, -0.1) is 0 Å². The van der Waals surface area contributed by atoms with Crippen LogP contribution in [-0.4, -0.2) is 23.6 Å². The summed E-state index contributed by atoms with van der Waals surface area (Å²) in [6, 6.07) is 4.41. The highest BCUT2D eigenvalue weighted by Crippen LogP contribution is 2.39. The molecule has 0 aliphatic heterocycles. The Hall–Kier alpha value is -1.42. The molecule has 22 heavy (non-hydrogen) atoms. The lowest BCUT2D eigenvalue weighted by Gasteiger charge is -2.40. The average Bonchev–Trinajstić information content (AvgIpc) is 2.53. The van der Waals surface area contributed by atoms with E-state index in [1.54, 1.807) is 6.07 Å². The minimum atomic E-state index is -0.704. The van der Waals surface area contributed by atoms with Crippen molar-refractivity contribution in [1.29, 1.82) is 0 Å². The van der Waals surface area contributed by atoms with Crippen molar-refractivity contribution >= 4 is 6.29 Å². The van der Waals surface area contributed by atoms with E-state index in [9.17, 15) is 14.3 Å². The lowest BCUT2D eigenvalue weighted by molar-refractivity contribution is -0.0543. The largest absolute Gasteiger partial charge is 0.492 e. The van der Waals surface area contributed by atoms with Crippen LogP contribution >= 0.6 is 0 Å². The summed E-state index contributed by atoms with van der Waals surface area (Å²) >= 11 is 0. The number of ether oxygens (including phenoxy) is 1. The van der Waals surface area contributed by atoms with Crippen LogP contribution < -0.4 is 4.74 Å². The molecule has 1 fully saturated rings. The van der Waals surface area contributed by atoms with E-state index in [2.05, 4.69) is 0 Å². The Bertz CT molecular complexity index is 513. The minimum absolute atomic E-state index is 0.0305. The number of carbonyl (C=O) groups excluding carboxylic acids is 1. The van der Waals surface area contributed by atoms with Crippen LogP contribution in [0.2, 0.25) is 0 Å². The SMILES string of the molecule is CCC(C)(O)C1CCCCC1COc1cccc(F)c1C=O. The number of aldehydes is 1. The first-order valence-corrected chi connectivity index (χ1v) is 8.08. The molecule has 3 unspecified atom stereocenters. The van der Waals surface area contributed by atoms with Crippen LogP contribution in [0.1, 0.15) is 56.3 Å². The third-order valence-corrected chi connectivity index (χ3v) is 5.01. The fraction of sp³-hybridized carbons (Fsp3) is 0.611. The molecule has 4 heteroatoms. The van der Waals surface area contributed by atoms with Crippen molar-refractivity contribution in [2.75, 3.05) is 6.61 Å². The molecule has 1 aromatic rings. The molecule has 122 valence electrons. The maximum absolute atomic E-state index is 13.6. The number of halogens is 1. The van der Waals surface area contributed by atoms with Crippen LogP contribution in [0.15, 0.2) is 18.2 Å². The highest BCUT2D eigenvalue weighted by atomic mass is 19.1. The molecule has 0 radical (unpaired) electrons. The molecule has 1 aliphatic carbocycles. The number of rotatable bonds is 6. The van der Waals surface area contributed by atoms with Gasteiger partial charge in [0.25, 0.3) is 0 Å². The zero-order valence-corrected chi connectivity index (χ0v) is 13.3. The maximum atomic E-state index is 13.6. The van der Waals surface area contributed by atoms with Gasteiger partial charge >= 0.3 is 0 Å². The first kappa shape index (κ1) is 16.9. The molecule has 1 aromatic carbocycles. The second kappa shape index (κ2) is 7.23. The zero-order valence-electron chi connectivity index (χ0n) is 13.3. The summed E-state index contributed by atoms with van der Waals surface area (Å²) < 4.78 is 19.3. The van der Waals surface area contributed by atoms with Gasteiger partial charge in [-0.1, -0.05) is 25.8 Å². The maximum Gasteiger partial charge on any atom is 0.156 e. The van der Waals surface area contributed by atoms with Gasteiger partial charge in [0, 0.05) is 0 Å². The first-order valence-electron chi connectivity index (χ1n) is 8.08. The number of benzene rings is 1. The van der Waals surface area contributed by atoms with E-state index in [4.69, 9.17) is 4.74 Å². The van der Waals surface area contributed by atoms with Crippen molar-refractivity contribution in [2.24, 2.45) is 11.8 Å². The molecule has 1 N–H and O–H groups in total. The van der Waals surface area contributed by atoms with E-state index in [1.807, 2.05) is 13.8 Å². The fourth-order valence-corrected chi connectivity index (χ4v) is 3.44. The second-order valence-corrected chi connectivity index (χ2v) is 6.44. The Morgan fingerprint density at radius 2 is 2.14 bits per heavy atom. The highest BCUT2D eigenvalue weighted by molar-refractivity contribution is 5.79. The molecule has 0 heterocycles. The van der Waals surface area contributed by atoms with Crippen LogP contribution in [0.5, 0.6) is 5.75 Å². The molecular weight excluding hydrogens is 283 g/mol. The molecule has 3 atom stereocenters. The monoisotopic (exact) mass is 308 g/mol. The highest BCUT2D eigenvalue weighted by Gasteiger charge is 2.38. The van der Waals surface area contributed by atoms with Gasteiger partial charge in [-0.25, -0.2) is 4.39 Å². The topological polar surface area (TPSA) is 46.5 Å². The van der Waals surface area contributed by atoms with Crippen LogP contribution in [-0.2, 0) is 0 Å². The van der Waals surface area contributed by atoms with E-state index >= 15 is 0 Å². The number of hydrogen-bond acceptors (Lipinski definition) is 3. The van der Waals surface area contributed by atoms with Gasteiger partial charge in [-0.05, 0) is 50.2 Å². The van der Waals surface area contributed by atoms with Crippen molar-refractivity contribution in [1.82, 2.24) is 0 Å². The lowest BCUT2D eigenvalue weighted by Crippen LogP contribution is -2.42. The summed E-state index contributed by atoms with van der Waals surface area (Å²) in [5, 5.41) is 10.6. The normalized spacial score (nSPS) is 24.5. The third kappa shape index (κ3) is 3.67. The van der Waals surface area contributed by atoms with Crippen LogP contribution in [0.25, 0.3) is 0 Å². The van der Waals surface area contributed by atoms with Crippen molar-refractivity contribution < 1.29 is 19.0 Å². The van der Waals surface area contributed by atoms with Crippen LogP contribution in [0.3, 0.4) is 0 Å². The van der Waals surface area contributed by atoms with Gasteiger partial charge < -0.3 is 9.84 Å². The Morgan fingerprint density at radius 3 is 2.82 bits per heavy atom. The molecule has 0 aromatic heterocycles. The quantitative estimate of drug-likeness (QED) is 0.808. The molecule has 0 bridgehead atoms. The molecule has 3 nitrogen and oxygen atoms in total. The van der Waals surface area contributed by atoms with Crippen molar-refractivity contribution in [3.8, 4) is 5.75 Å². The molecule has 0 saturated heterocycles. The van der Waals surface area contributed by atoms with Crippen molar-refractivity contribution in [3.63, 3.8) is 0 Å².